The topological polar surface area (TPSA) is 85.1 Å². The SMILES string of the molecule is Cc1nc2cc(NCC(C)S(C)=O)c([N+](=O)[O-])cc2s1. The first kappa shape index (κ1) is 14.9. The molecule has 1 heterocycles. The molecule has 2 unspecified atom stereocenters. The molecule has 6 nitrogen and oxygen atoms in total. The maximum absolute atomic E-state index is 11.3. The molecule has 1 aromatic carbocycles. The van der Waals surface area contributed by atoms with E-state index in [2.05, 4.69) is 10.3 Å². The van der Waals surface area contributed by atoms with Gasteiger partial charge in [-0.1, -0.05) is 0 Å². The van der Waals surface area contributed by atoms with Crippen molar-refractivity contribution < 1.29 is 9.13 Å². The first-order valence-corrected chi connectivity index (χ1v) is 8.44. The normalized spacial score (nSPS) is 14.2. The molecule has 2 rings (SSSR count). The minimum atomic E-state index is -0.970. The third-order valence-corrected chi connectivity index (χ3v) is 5.19. The van der Waals surface area contributed by atoms with Crippen molar-refractivity contribution in [2.45, 2.75) is 19.1 Å². The van der Waals surface area contributed by atoms with Crippen LogP contribution in [0.1, 0.15) is 11.9 Å². The summed E-state index contributed by atoms with van der Waals surface area (Å²) in [6.45, 7) is 4.12. The smallest absolute Gasteiger partial charge is 0.293 e. The summed E-state index contributed by atoms with van der Waals surface area (Å²) >= 11 is 1.43. The molecule has 0 saturated carbocycles. The Kier molecular flexibility index (Phi) is 4.34. The van der Waals surface area contributed by atoms with Gasteiger partial charge in [0.15, 0.2) is 0 Å². The molecule has 0 fully saturated rings. The average molecular weight is 313 g/mol. The molecule has 0 aliphatic heterocycles. The molecular weight excluding hydrogens is 298 g/mol. The zero-order valence-electron chi connectivity index (χ0n) is 11.4. The van der Waals surface area contributed by atoms with E-state index in [0.717, 1.165) is 15.2 Å². The number of rotatable bonds is 5. The van der Waals surface area contributed by atoms with Crippen LogP contribution in [0.3, 0.4) is 0 Å². The van der Waals surface area contributed by atoms with Crippen LogP contribution < -0.4 is 5.32 Å². The number of anilines is 1. The second-order valence-corrected chi connectivity index (χ2v) is 7.55. The van der Waals surface area contributed by atoms with E-state index >= 15 is 0 Å². The van der Waals surface area contributed by atoms with Gasteiger partial charge in [0.1, 0.15) is 5.69 Å². The molecule has 0 amide bonds. The lowest BCUT2D eigenvalue weighted by Gasteiger charge is -2.11. The van der Waals surface area contributed by atoms with Gasteiger partial charge in [0.2, 0.25) is 0 Å². The number of fused-ring (bicyclic) bond motifs is 1. The fourth-order valence-electron chi connectivity index (χ4n) is 1.74. The molecule has 2 aromatic rings. The molecule has 0 aliphatic rings. The molecule has 0 radical (unpaired) electrons. The lowest BCUT2D eigenvalue weighted by atomic mass is 10.2. The molecule has 0 spiro atoms. The van der Waals surface area contributed by atoms with Crippen LogP contribution in [-0.2, 0) is 10.8 Å². The van der Waals surface area contributed by atoms with Crippen LogP contribution in [0.4, 0.5) is 11.4 Å². The maximum atomic E-state index is 11.3. The maximum Gasteiger partial charge on any atom is 0.293 e. The summed E-state index contributed by atoms with van der Waals surface area (Å²) in [5, 5.41) is 14.9. The second kappa shape index (κ2) is 5.84. The second-order valence-electron chi connectivity index (χ2n) is 4.52. The molecule has 108 valence electrons. The highest BCUT2D eigenvalue weighted by Gasteiger charge is 2.18. The van der Waals surface area contributed by atoms with Gasteiger partial charge in [-0.2, -0.15) is 0 Å². The number of hydrogen-bond acceptors (Lipinski definition) is 6. The van der Waals surface area contributed by atoms with Gasteiger partial charge in [0.25, 0.3) is 5.69 Å². The lowest BCUT2D eigenvalue weighted by molar-refractivity contribution is -0.383. The van der Waals surface area contributed by atoms with Crippen molar-refractivity contribution in [1.82, 2.24) is 4.98 Å². The fourth-order valence-corrected chi connectivity index (χ4v) is 2.90. The molecule has 20 heavy (non-hydrogen) atoms. The highest BCUT2D eigenvalue weighted by Crippen LogP contribution is 2.32. The predicted molar refractivity (Wildman–Crippen MR) is 83.0 cm³/mol. The Labute approximate surface area is 122 Å². The van der Waals surface area contributed by atoms with Crippen LogP contribution in [0.15, 0.2) is 12.1 Å². The highest BCUT2D eigenvalue weighted by molar-refractivity contribution is 7.84. The van der Waals surface area contributed by atoms with Gasteiger partial charge in [0, 0.05) is 34.9 Å². The van der Waals surface area contributed by atoms with E-state index in [4.69, 9.17) is 0 Å². The van der Waals surface area contributed by atoms with E-state index in [1.165, 1.54) is 17.4 Å². The summed E-state index contributed by atoms with van der Waals surface area (Å²) < 4.78 is 12.1. The summed E-state index contributed by atoms with van der Waals surface area (Å²) in [6.07, 6.45) is 1.62. The van der Waals surface area contributed by atoms with E-state index in [9.17, 15) is 14.3 Å². The molecule has 1 aromatic heterocycles. The standard InChI is InChI=1S/C12H15N3O3S2/c1-7(20(3)18)6-13-9-4-10-12(19-8(2)14-10)5-11(9)15(16)17/h4-5,7,13H,6H2,1-3H3. The van der Waals surface area contributed by atoms with Gasteiger partial charge in [0.05, 0.1) is 20.1 Å². The molecule has 1 N–H and O–H groups in total. The number of hydrogen-bond donors (Lipinski definition) is 1. The van der Waals surface area contributed by atoms with Gasteiger partial charge in [-0.25, -0.2) is 4.98 Å². The highest BCUT2D eigenvalue weighted by atomic mass is 32.2. The van der Waals surface area contributed by atoms with E-state index in [1.54, 1.807) is 12.3 Å². The predicted octanol–water partition coefficient (Wildman–Crippen LogP) is 2.69. The average Bonchev–Trinajstić information content (AvgIpc) is 2.73. The van der Waals surface area contributed by atoms with Crippen molar-refractivity contribution in [2.75, 3.05) is 18.1 Å². The van der Waals surface area contributed by atoms with Crippen molar-refractivity contribution in [1.29, 1.82) is 0 Å². The Morgan fingerprint density at radius 1 is 1.55 bits per heavy atom. The quantitative estimate of drug-likeness (QED) is 0.677. The summed E-state index contributed by atoms with van der Waals surface area (Å²) in [5.41, 5.74) is 1.19. The molecule has 0 saturated heterocycles. The Hall–Kier alpha value is -1.54. The van der Waals surface area contributed by atoms with Crippen LogP contribution in [0.5, 0.6) is 0 Å². The number of nitro groups is 1. The Balaban J connectivity index is 2.36. The van der Waals surface area contributed by atoms with Gasteiger partial charge < -0.3 is 5.32 Å². The van der Waals surface area contributed by atoms with Crippen molar-refractivity contribution in [2.24, 2.45) is 0 Å². The van der Waals surface area contributed by atoms with Crippen molar-refractivity contribution >= 4 is 43.7 Å². The Morgan fingerprint density at radius 2 is 2.25 bits per heavy atom. The molecule has 0 bridgehead atoms. The van der Waals surface area contributed by atoms with Crippen LogP contribution in [0.2, 0.25) is 0 Å². The van der Waals surface area contributed by atoms with Crippen molar-refractivity contribution in [3.8, 4) is 0 Å². The van der Waals surface area contributed by atoms with Gasteiger partial charge in [-0.05, 0) is 19.9 Å². The zero-order valence-corrected chi connectivity index (χ0v) is 13.0. The van der Waals surface area contributed by atoms with Crippen LogP contribution in [-0.4, -0.2) is 32.2 Å². The van der Waals surface area contributed by atoms with Gasteiger partial charge in [-0.3, -0.25) is 14.3 Å². The van der Waals surface area contributed by atoms with Crippen LogP contribution >= 0.6 is 11.3 Å². The number of thiazole rings is 1. The number of aryl methyl sites for hydroxylation is 1. The van der Waals surface area contributed by atoms with Crippen LogP contribution in [0.25, 0.3) is 10.2 Å². The molecule has 0 aliphatic carbocycles. The van der Waals surface area contributed by atoms with E-state index in [1.807, 2.05) is 13.8 Å². The molecule has 8 heteroatoms. The third-order valence-electron chi connectivity index (χ3n) is 2.96. The largest absolute Gasteiger partial charge is 0.378 e. The minimum Gasteiger partial charge on any atom is -0.378 e. The first-order valence-electron chi connectivity index (χ1n) is 6.00. The fraction of sp³-hybridized carbons (Fsp3) is 0.417. The monoisotopic (exact) mass is 313 g/mol. The van der Waals surface area contributed by atoms with E-state index < -0.39 is 15.7 Å². The van der Waals surface area contributed by atoms with Gasteiger partial charge in [-0.15, -0.1) is 11.3 Å². The number of benzene rings is 1. The summed E-state index contributed by atoms with van der Waals surface area (Å²) in [5.74, 6) is 0. The van der Waals surface area contributed by atoms with Crippen molar-refractivity contribution in [3.63, 3.8) is 0 Å². The van der Waals surface area contributed by atoms with Crippen molar-refractivity contribution in [3.05, 3.63) is 27.3 Å². The Bertz CT molecular complexity index is 684. The summed E-state index contributed by atoms with van der Waals surface area (Å²) in [4.78, 5) is 15.1. The third kappa shape index (κ3) is 3.13. The Morgan fingerprint density at radius 3 is 2.85 bits per heavy atom. The lowest BCUT2D eigenvalue weighted by Crippen LogP contribution is -2.21. The number of nitrogens with one attached hydrogen (secondary N) is 1. The number of nitro benzene ring substituents is 1. The van der Waals surface area contributed by atoms with E-state index in [-0.39, 0.29) is 10.9 Å². The van der Waals surface area contributed by atoms with E-state index in [0.29, 0.717) is 12.2 Å². The minimum absolute atomic E-state index is 0.0234. The van der Waals surface area contributed by atoms with Gasteiger partial charge >= 0.3 is 0 Å². The zero-order chi connectivity index (χ0) is 14.9. The number of aromatic nitrogens is 1. The molecule has 2 atom stereocenters. The number of nitrogens with zero attached hydrogens (tertiary/aromatic N) is 2. The van der Waals surface area contributed by atoms with Crippen LogP contribution in [0, 0.1) is 17.0 Å². The first-order chi connectivity index (χ1) is 9.38. The summed E-state index contributed by atoms with van der Waals surface area (Å²) in [7, 11) is -0.970. The molecular formula is C12H15N3O3S2. The summed E-state index contributed by atoms with van der Waals surface area (Å²) in [6, 6.07) is 3.22.